The summed E-state index contributed by atoms with van der Waals surface area (Å²) < 4.78 is 38.7. The average Bonchev–Trinajstić information content (AvgIpc) is 2.89. The molecule has 26 heavy (non-hydrogen) atoms. The summed E-state index contributed by atoms with van der Waals surface area (Å²) in [6, 6.07) is 3.19. The Morgan fingerprint density at radius 2 is 2.08 bits per heavy atom. The van der Waals surface area contributed by atoms with Gasteiger partial charge in [-0.2, -0.15) is 13.2 Å². The molecule has 1 aliphatic heterocycles. The number of nitrogens with one attached hydrogen (secondary N) is 1. The zero-order valence-corrected chi connectivity index (χ0v) is 15.3. The van der Waals surface area contributed by atoms with Gasteiger partial charge in [0, 0.05) is 25.2 Å². The molecule has 0 spiro atoms. The second-order valence-corrected chi connectivity index (χ2v) is 6.99. The molecule has 0 aliphatic carbocycles. The number of benzene rings is 1. The quantitative estimate of drug-likeness (QED) is 0.810. The van der Waals surface area contributed by atoms with Gasteiger partial charge in [0.2, 0.25) is 11.8 Å². The van der Waals surface area contributed by atoms with Crippen LogP contribution in [0.3, 0.4) is 0 Å². The smallest absolute Gasteiger partial charge is 0.342 e. The molecule has 1 N–H and O–H groups in total. The molecule has 1 atom stereocenters. The van der Waals surface area contributed by atoms with E-state index in [1.807, 2.05) is 19.0 Å². The zero-order valence-electron chi connectivity index (χ0n) is 14.6. The van der Waals surface area contributed by atoms with Crippen LogP contribution < -0.4 is 5.32 Å². The van der Waals surface area contributed by atoms with E-state index < -0.39 is 28.6 Å². The number of nitrogens with zero attached hydrogens (tertiary/aromatic N) is 2. The van der Waals surface area contributed by atoms with Crippen molar-refractivity contribution in [2.75, 3.05) is 39.0 Å². The van der Waals surface area contributed by atoms with Crippen molar-refractivity contribution in [2.24, 2.45) is 5.92 Å². The Morgan fingerprint density at radius 1 is 1.38 bits per heavy atom. The maximum atomic E-state index is 12.9. The normalized spacial score (nSPS) is 17.9. The lowest BCUT2D eigenvalue weighted by Gasteiger charge is -2.18. The Morgan fingerprint density at radius 3 is 2.69 bits per heavy atom. The first-order valence-corrected chi connectivity index (χ1v) is 8.56. The van der Waals surface area contributed by atoms with E-state index in [1.54, 1.807) is 4.90 Å². The topological polar surface area (TPSA) is 52.6 Å². The second kappa shape index (κ2) is 8.26. The molecule has 2 amide bonds. The first-order chi connectivity index (χ1) is 12.1. The van der Waals surface area contributed by atoms with Crippen LogP contribution in [0.4, 0.5) is 18.9 Å². The Balaban J connectivity index is 1.97. The van der Waals surface area contributed by atoms with E-state index in [4.69, 9.17) is 11.6 Å². The largest absolute Gasteiger partial charge is 0.417 e. The first kappa shape index (κ1) is 20.5. The average molecular weight is 392 g/mol. The lowest BCUT2D eigenvalue weighted by molar-refractivity contribution is -0.137. The third-order valence-electron chi connectivity index (χ3n) is 4.16. The van der Waals surface area contributed by atoms with Crippen LogP contribution in [0.1, 0.15) is 18.4 Å². The Labute approximate surface area is 155 Å². The third kappa shape index (κ3) is 5.35. The van der Waals surface area contributed by atoms with Gasteiger partial charge in [0.15, 0.2) is 0 Å². The van der Waals surface area contributed by atoms with Crippen LogP contribution in [0.15, 0.2) is 18.2 Å². The number of rotatable bonds is 6. The number of carbonyl (C=O) groups is 2. The summed E-state index contributed by atoms with van der Waals surface area (Å²) in [4.78, 5) is 28.0. The number of hydrogen-bond donors (Lipinski definition) is 1. The SMILES string of the molecule is CN(C)CCCN1CC(C(=O)Nc2ccc(Cl)c(C(F)(F)F)c2)CC1=O. The van der Waals surface area contributed by atoms with E-state index in [0.29, 0.717) is 6.54 Å². The van der Waals surface area contributed by atoms with Crippen molar-refractivity contribution in [3.8, 4) is 0 Å². The summed E-state index contributed by atoms with van der Waals surface area (Å²) >= 11 is 5.57. The Kier molecular flexibility index (Phi) is 6.52. The van der Waals surface area contributed by atoms with Gasteiger partial charge in [-0.1, -0.05) is 11.6 Å². The second-order valence-electron chi connectivity index (χ2n) is 6.58. The van der Waals surface area contributed by atoms with Crippen molar-refractivity contribution < 1.29 is 22.8 Å². The van der Waals surface area contributed by atoms with Crippen LogP contribution >= 0.6 is 11.6 Å². The van der Waals surface area contributed by atoms with Crippen molar-refractivity contribution >= 4 is 29.1 Å². The highest BCUT2D eigenvalue weighted by molar-refractivity contribution is 6.31. The third-order valence-corrected chi connectivity index (χ3v) is 4.49. The number of alkyl halides is 3. The molecular formula is C17H21ClF3N3O2. The Hall–Kier alpha value is -1.80. The molecule has 1 aromatic rings. The summed E-state index contributed by atoms with van der Waals surface area (Å²) in [6.07, 6.45) is -3.75. The molecule has 1 aliphatic rings. The summed E-state index contributed by atoms with van der Waals surface area (Å²) in [7, 11) is 3.87. The number of halogens is 4. The van der Waals surface area contributed by atoms with Crippen molar-refractivity contribution in [1.29, 1.82) is 0 Å². The van der Waals surface area contributed by atoms with Gasteiger partial charge in [-0.3, -0.25) is 9.59 Å². The van der Waals surface area contributed by atoms with E-state index in [2.05, 4.69) is 5.32 Å². The minimum absolute atomic E-state index is 0.00484. The van der Waals surface area contributed by atoms with E-state index in [1.165, 1.54) is 6.07 Å². The summed E-state index contributed by atoms with van der Waals surface area (Å²) in [5, 5.41) is 2.02. The Bertz CT molecular complexity index is 680. The van der Waals surface area contributed by atoms with Gasteiger partial charge in [0.25, 0.3) is 0 Å². The van der Waals surface area contributed by atoms with Gasteiger partial charge in [-0.25, -0.2) is 0 Å². The van der Waals surface area contributed by atoms with Gasteiger partial charge in [0.1, 0.15) is 0 Å². The van der Waals surface area contributed by atoms with Crippen molar-refractivity contribution in [3.63, 3.8) is 0 Å². The standard InChI is InChI=1S/C17H21ClF3N3O2/c1-23(2)6-3-7-24-10-11(8-15(24)25)16(26)22-12-4-5-14(18)13(9-12)17(19,20)21/h4-5,9,11H,3,6-8,10H2,1-2H3,(H,22,26). The minimum atomic E-state index is -4.61. The van der Waals surface area contributed by atoms with Gasteiger partial charge in [0.05, 0.1) is 16.5 Å². The highest BCUT2D eigenvalue weighted by Gasteiger charge is 2.35. The van der Waals surface area contributed by atoms with Crippen molar-refractivity contribution in [2.45, 2.75) is 19.0 Å². The minimum Gasteiger partial charge on any atom is -0.342 e. The number of carbonyl (C=O) groups excluding carboxylic acids is 2. The highest BCUT2D eigenvalue weighted by Crippen LogP contribution is 2.36. The summed E-state index contributed by atoms with van der Waals surface area (Å²) in [5.74, 6) is -1.16. The van der Waals surface area contributed by atoms with Crippen LogP contribution in [-0.4, -0.2) is 55.3 Å². The molecule has 1 unspecified atom stereocenters. The highest BCUT2D eigenvalue weighted by atomic mass is 35.5. The van der Waals surface area contributed by atoms with Crippen LogP contribution in [-0.2, 0) is 15.8 Å². The molecule has 0 saturated carbocycles. The lowest BCUT2D eigenvalue weighted by atomic mass is 10.1. The van der Waals surface area contributed by atoms with E-state index >= 15 is 0 Å². The van der Waals surface area contributed by atoms with Crippen LogP contribution in [0, 0.1) is 5.92 Å². The molecule has 0 aromatic heterocycles. The lowest BCUT2D eigenvalue weighted by Crippen LogP contribution is -2.30. The number of anilines is 1. The molecule has 1 aromatic carbocycles. The molecule has 5 nitrogen and oxygen atoms in total. The van der Waals surface area contributed by atoms with Gasteiger partial charge in [-0.05, 0) is 45.3 Å². The van der Waals surface area contributed by atoms with Gasteiger partial charge >= 0.3 is 6.18 Å². The van der Waals surface area contributed by atoms with Gasteiger partial charge < -0.3 is 15.1 Å². The molecule has 1 fully saturated rings. The van der Waals surface area contributed by atoms with E-state index in [-0.39, 0.29) is 24.6 Å². The molecule has 9 heteroatoms. The first-order valence-electron chi connectivity index (χ1n) is 8.18. The van der Waals surface area contributed by atoms with Crippen molar-refractivity contribution in [1.82, 2.24) is 9.80 Å². The summed E-state index contributed by atoms with van der Waals surface area (Å²) in [5.41, 5.74) is -1.00. The van der Waals surface area contributed by atoms with Gasteiger partial charge in [-0.15, -0.1) is 0 Å². The zero-order chi connectivity index (χ0) is 19.5. The molecule has 2 rings (SSSR count). The maximum absolute atomic E-state index is 12.9. The number of hydrogen-bond acceptors (Lipinski definition) is 3. The monoisotopic (exact) mass is 391 g/mol. The fourth-order valence-corrected chi connectivity index (χ4v) is 3.03. The predicted molar refractivity (Wildman–Crippen MR) is 92.9 cm³/mol. The molecule has 0 radical (unpaired) electrons. The fraction of sp³-hybridized carbons (Fsp3) is 0.529. The fourth-order valence-electron chi connectivity index (χ4n) is 2.81. The van der Waals surface area contributed by atoms with Crippen LogP contribution in [0.25, 0.3) is 0 Å². The number of likely N-dealkylation sites (tertiary alicyclic amines) is 1. The van der Waals surface area contributed by atoms with Crippen LogP contribution in [0.2, 0.25) is 5.02 Å². The van der Waals surface area contributed by atoms with E-state index in [0.717, 1.165) is 25.1 Å². The van der Waals surface area contributed by atoms with Crippen molar-refractivity contribution in [3.05, 3.63) is 28.8 Å². The molecule has 1 saturated heterocycles. The molecule has 144 valence electrons. The number of amides is 2. The maximum Gasteiger partial charge on any atom is 0.417 e. The molecular weight excluding hydrogens is 371 g/mol. The predicted octanol–water partition coefficient (Wildman–Crippen LogP) is 3.10. The summed E-state index contributed by atoms with van der Waals surface area (Å²) in [6.45, 7) is 1.66. The van der Waals surface area contributed by atoms with E-state index in [9.17, 15) is 22.8 Å². The van der Waals surface area contributed by atoms with Crippen LogP contribution in [0.5, 0.6) is 0 Å². The molecule has 0 bridgehead atoms. The molecule has 1 heterocycles.